The molecule has 10 heavy (non-hydrogen) atoms. The van der Waals surface area contributed by atoms with Gasteiger partial charge >= 0.3 is 5.97 Å². The van der Waals surface area contributed by atoms with Crippen molar-refractivity contribution in [2.75, 3.05) is 14.2 Å². The number of methoxy groups -OCH3 is 2. The average molecular weight is 167 g/mol. The third-order valence-corrected chi connectivity index (χ3v) is 1.06. The number of rotatable bonds is 3. The molecule has 0 saturated heterocycles. The van der Waals surface area contributed by atoms with Gasteiger partial charge in [0.15, 0.2) is 0 Å². The molecule has 0 aliphatic rings. The summed E-state index contributed by atoms with van der Waals surface area (Å²) in [6.07, 6.45) is -1.30. The Hall–Kier alpha value is -0.610. The Morgan fingerprint density at radius 3 is 2.00 bits per heavy atom. The molecule has 4 nitrogen and oxygen atoms in total. The monoisotopic (exact) mass is 166 g/mol. The third-order valence-electron chi connectivity index (χ3n) is 0.857. The van der Waals surface area contributed by atoms with E-state index in [4.69, 9.17) is 11.6 Å². The SMILES string of the molecule is COC(=O)C(OC)C(=O)Cl. The molecule has 0 amide bonds. The molecule has 0 aliphatic carbocycles. The van der Waals surface area contributed by atoms with Crippen molar-refractivity contribution >= 4 is 22.8 Å². The van der Waals surface area contributed by atoms with Crippen molar-refractivity contribution in [3.8, 4) is 0 Å². The zero-order valence-corrected chi connectivity index (χ0v) is 6.34. The molecular weight excluding hydrogens is 160 g/mol. The maximum absolute atomic E-state index is 10.5. The van der Waals surface area contributed by atoms with Gasteiger partial charge in [0.2, 0.25) is 6.10 Å². The number of ether oxygens (including phenoxy) is 2. The smallest absolute Gasteiger partial charge is 0.344 e. The van der Waals surface area contributed by atoms with E-state index in [-0.39, 0.29) is 0 Å². The quantitative estimate of drug-likeness (QED) is 0.335. The Morgan fingerprint density at radius 2 is 1.90 bits per heavy atom. The van der Waals surface area contributed by atoms with E-state index in [9.17, 15) is 9.59 Å². The zero-order valence-electron chi connectivity index (χ0n) is 5.59. The molecular formula is C5H7ClO4. The van der Waals surface area contributed by atoms with Crippen LogP contribution in [0.4, 0.5) is 0 Å². The molecule has 0 heterocycles. The van der Waals surface area contributed by atoms with Crippen LogP contribution in [0.5, 0.6) is 0 Å². The molecule has 0 spiro atoms. The summed E-state index contributed by atoms with van der Waals surface area (Å²) in [4.78, 5) is 20.8. The Morgan fingerprint density at radius 1 is 1.40 bits per heavy atom. The molecule has 0 aromatic heterocycles. The lowest BCUT2D eigenvalue weighted by Gasteiger charge is -2.05. The van der Waals surface area contributed by atoms with Crippen molar-refractivity contribution in [3.05, 3.63) is 0 Å². The van der Waals surface area contributed by atoms with Crippen molar-refractivity contribution in [1.82, 2.24) is 0 Å². The van der Waals surface area contributed by atoms with Crippen LogP contribution in [0.1, 0.15) is 0 Å². The standard InChI is InChI=1S/C5H7ClO4/c1-9-3(4(6)7)5(8)10-2/h3H,1-2H3. The van der Waals surface area contributed by atoms with Gasteiger partial charge in [0.05, 0.1) is 7.11 Å². The molecule has 58 valence electrons. The normalized spacial score (nSPS) is 12.3. The van der Waals surface area contributed by atoms with Gasteiger partial charge in [-0.15, -0.1) is 0 Å². The second-order valence-electron chi connectivity index (χ2n) is 1.44. The number of hydrogen-bond acceptors (Lipinski definition) is 4. The molecule has 1 unspecified atom stereocenters. The number of carbonyl (C=O) groups excluding carboxylic acids is 2. The highest BCUT2D eigenvalue weighted by Crippen LogP contribution is 1.97. The van der Waals surface area contributed by atoms with Crippen molar-refractivity contribution in [1.29, 1.82) is 0 Å². The first kappa shape index (κ1) is 9.39. The summed E-state index contributed by atoms with van der Waals surface area (Å²) in [5.74, 6) is -0.789. The molecule has 0 saturated carbocycles. The summed E-state index contributed by atoms with van der Waals surface area (Å²) in [6.45, 7) is 0. The molecule has 0 aliphatic heterocycles. The average Bonchev–Trinajstić information content (AvgIpc) is 1.88. The van der Waals surface area contributed by atoms with E-state index in [1.165, 1.54) is 7.11 Å². The minimum Gasteiger partial charge on any atom is -0.467 e. The van der Waals surface area contributed by atoms with E-state index in [0.29, 0.717) is 0 Å². The van der Waals surface area contributed by atoms with Gasteiger partial charge in [-0.1, -0.05) is 0 Å². The summed E-state index contributed by atoms with van der Waals surface area (Å²) in [5.41, 5.74) is 0. The summed E-state index contributed by atoms with van der Waals surface area (Å²) < 4.78 is 8.60. The zero-order chi connectivity index (χ0) is 8.15. The highest BCUT2D eigenvalue weighted by molar-refractivity contribution is 6.66. The second kappa shape index (κ2) is 4.24. The Kier molecular flexibility index (Phi) is 3.99. The van der Waals surface area contributed by atoms with Crippen LogP contribution in [0.25, 0.3) is 0 Å². The molecule has 0 N–H and O–H groups in total. The van der Waals surface area contributed by atoms with Crippen LogP contribution in [-0.4, -0.2) is 31.5 Å². The number of hydrogen-bond donors (Lipinski definition) is 0. The summed E-state index contributed by atoms with van der Waals surface area (Å²) >= 11 is 4.95. The second-order valence-corrected chi connectivity index (χ2v) is 1.82. The van der Waals surface area contributed by atoms with Crippen molar-refractivity contribution in [2.45, 2.75) is 6.10 Å². The topological polar surface area (TPSA) is 52.6 Å². The molecule has 5 heteroatoms. The Bertz CT molecular complexity index is 145. The summed E-state index contributed by atoms with van der Waals surface area (Å²) in [5, 5.41) is -0.880. The molecule has 0 aromatic carbocycles. The van der Waals surface area contributed by atoms with Crippen molar-refractivity contribution < 1.29 is 19.1 Å². The minimum atomic E-state index is -1.30. The highest BCUT2D eigenvalue weighted by atomic mass is 35.5. The Balaban J connectivity index is 4.06. The van der Waals surface area contributed by atoms with E-state index in [0.717, 1.165) is 7.11 Å². The van der Waals surface area contributed by atoms with Gasteiger partial charge in [0.1, 0.15) is 0 Å². The number of esters is 1. The van der Waals surface area contributed by atoms with Gasteiger partial charge in [-0.2, -0.15) is 0 Å². The van der Waals surface area contributed by atoms with Gasteiger partial charge < -0.3 is 9.47 Å². The summed E-state index contributed by atoms with van der Waals surface area (Å²) in [7, 11) is 2.34. The lowest BCUT2D eigenvalue weighted by molar-refractivity contribution is -0.154. The van der Waals surface area contributed by atoms with Crippen molar-refractivity contribution in [3.63, 3.8) is 0 Å². The maximum Gasteiger partial charge on any atom is 0.344 e. The van der Waals surface area contributed by atoms with Crippen LogP contribution < -0.4 is 0 Å². The molecule has 0 fully saturated rings. The van der Waals surface area contributed by atoms with Crippen LogP contribution in [0, 0.1) is 0 Å². The first-order chi connectivity index (χ1) is 4.63. The predicted octanol–water partition coefficient (Wildman–Crippen LogP) is -0.0602. The molecule has 1 atom stereocenters. The van der Waals surface area contributed by atoms with Crippen molar-refractivity contribution in [2.24, 2.45) is 0 Å². The molecule has 0 bridgehead atoms. The lowest BCUT2D eigenvalue weighted by atomic mass is 10.4. The van der Waals surface area contributed by atoms with Crippen LogP contribution in [0.2, 0.25) is 0 Å². The minimum absolute atomic E-state index is 0.789. The van der Waals surface area contributed by atoms with E-state index < -0.39 is 17.3 Å². The number of carbonyl (C=O) groups is 2. The fourth-order valence-electron chi connectivity index (χ4n) is 0.389. The Labute approximate surface area is 63.1 Å². The van der Waals surface area contributed by atoms with Crippen LogP contribution in [-0.2, 0) is 19.1 Å². The fourth-order valence-corrected chi connectivity index (χ4v) is 0.567. The van der Waals surface area contributed by atoms with Gasteiger partial charge in [0, 0.05) is 7.11 Å². The molecule has 0 aromatic rings. The van der Waals surface area contributed by atoms with Crippen LogP contribution >= 0.6 is 11.6 Å². The lowest BCUT2D eigenvalue weighted by Crippen LogP contribution is -2.29. The summed E-state index contributed by atoms with van der Waals surface area (Å²) in [6, 6.07) is 0. The van der Waals surface area contributed by atoms with Gasteiger partial charge in [-0.3, -0.25) is 4.79 Å². The van der Waals surface area contributed by atoms with E-state index in [1.807, 2.05) is 0 Å². The third kappa shape index (κ3) is 2.33. The van der Waals surface area contributed by atoms with Gasteiger partial charge in [-0.05, 0) is 11.6 Å². The maximum atomic E-state index is 10.5. The van der Waals surface area contributed by atoms with Crippen LogP contribution in [0.15, 0.2) is 0 Å². The molecule has 0 rings (SSSR count). The predicted molar refractivity (Wildman–Crippen MR) is 33.7 cm³/mol. The first-order valence-electron chi connectivity index (χ1n) is 2.43. The molecule has 0 radical (unpaired) electrons. The van der Waals surface area contributed by atoms with E-state index in [2.05, 4.69) is 9.47 Å². The van der Waals surface area contributed by atoms with E-state index in [1.54, 1.807) is 0 Å². The highest BCUT2D eigenvalue weighted by Gasteiger charge is 2.24. The van der Waals surface area contributed by atoms with Gasteiger partial charge in [0.25, 0.3) is 5.24 Å². The first-order valence-corrected chi connectivity index (χ1v) is 2.81. The largest absolute Gasteiger partial charge is 0.467 e. The number of halogens is 1. The van der Waals surface area contributed by atoms with Crippen LogP contribution in [0.3, 0.4) is 0 Å². The van der Waals surface area contributed by atoms with E-state index >= 15 is 0 Å². The fraction of sp³-hybridized carbons (Fsp3) is 0.600. The van der Waals surface area contributed by atoms with Gasteiger partial charge in [-0.25, -0.2) is 4.79 Å².